The molecule has 6 nitrogen and oxygen atoms in total. The number of hydrogen-bond donors (Lipinski definition) is 1. The summed E-state index contributed by atoms with van der Waals surface area (Å²) in [4.78, 5) is 17.9. The van der Waals surface area contributed by atoms with Crippen LogP contribution in [0.4, 0.5) is 5.69 Å². The Morgan fingerprint density at radius 3 is 2.62 bits per heavy atom. The molecule has 3 aromatic carbocycles. The number of morpholine rings is 1. The van der Waals surface area contributed by atoms with Crippen molar-refractivity contribution < 1.29 is 14.3 Å². The third-order valence-corrected chi connectivity index (χ3v) is 6.39. The fourth-order valence-electron chi connectivity index (χ4n) is 4.62. The Morgan fingerprint density at radius 1 is 1.00 bits per heavy atom. The van der Waals surface area contributed by atoms with E-state index in [2.05, 4.69) is 34.5 Å². The standard InChI is InChI=1S/C26H29N3O3/c1-31-22-10-9-19-17-21(8-7-20(19)18-22)25-27-24-6-3-2-5-23(24)26(30)29(25)12-4-11-28-13-15-32-16-14-28/h2-3,5-10,17-18,25,27H,4,11-16H2,1H3/t25-/m0/s1. The summed E-state index contributed by atoms with van der Waals surface area (Å²) in [5.74, 6) is 0.927. The first-order chi connectivity index (χ1) is 15.7. The molecule has 0 spiro atoms. The van der Waals surface area contributed by atoms with Crippen LogP contribution in [0.25, 0.3) is 10.8 Å². The Bertz CT molecular complexity index is 1110. The molecule has 2 aliphatic heterocycles. The number of amides is 1. The Labute approximate surface area is 188 Å². The van der Waals surface area contributed by atoms with Crippen LogP contribution in [0.2, 0.25) is 0 Å². The Hall–Kier alpha value is -3.09. The monoisotopic (exact) mass is 431 g/mol. The molecular formula is C26H29N3O3. The molecule has 1 saturated heterocycles. The van der Waals surface area contributed by atoms with Crippen LogP contribution >= 0.6 is 0 Å². The molecular weight excluding hydrogens is 402 g/mol. The Balaban J connectivity index is 1.42. The Morgan fingerprint density at radius 2 is 1.78 bits per heavy atom. The largest absolute Gasteiger partial charge is 0.497 e. The molecule has 166 valence electrons. The first-order valence-electron chi connectivity index (χ1n) is 11.3. The predicted molar refractivity (Wildman–Crippen MR) is 126 cm³/mol. The summed E-state index contributed by atoms with van der Waals surface area (Å²) in [5.41, 5.74) is 2.71. The van der Waals surface area contributed by atoms with Crippen LogP contribution in [0.1, 0.15) is 28.5 Å². The minimum atomic E-state index is -0.200. The van der Waals surface area contributed by atoms with Crippen molar-refractivity contribution in [1.29, 1.82) is 0 Å². The zero-order valence-electron chi connectivity index (χ0n) is 18.4. The first kappa shape index (κ1) is 20.8. The fourth-order valence-corrected chi connectivity index (χ4v) is 4.62. The first-order valence-corrected chi connectivity index (χ1v) is 11.3. The number of hydrogen-bond acceptors (Lipinski definition) is 5. The van der Waals surface area contributed by atoms with Gasteiger partial charge in [0.15, 0.2) is 0 Å². The van der Waals surface area contributed by atoms with Gasteiger partial charge in [0.1, 0.15) is 11.9 Å². The minimum Gasteiger partial charge on any atom is -0.497 e. The molecule has 1 atom stereocenters. The molecule has 1 N–H and O–H groups in total. The molecule has 32 heavy (non-hydrogen) atoms. The zero-order chi connectivity index (χ0) is 21.9. The van der Waals surface area contributed by atoms with E-state index in [9.17, 15) is 4.79 Å². The quantitative estimate of drug-likeness (QED) is 0.636. The maximum Gasteiger partial charge on any atom is 0.257 e. The summed E-state index contributed by atoms with van der Waals surface area (Å²) in [6, 6.07) is 20.2. The molecule has 5 rings (SSSR count). The van der Waals surface area contributed by atoms with Gasteiger partial charge < -0.3 is 19.7 Å². The third-order valence-electron chi connectivity index (χ3n) is 6.39. The maximum atomic E-state index is 13.5. The highest BCUT2D eigenvalue weighted by molar-refractivity contribution is 6.01. The molecule has 0 unspecified atom stereocenters. The van der Waals surface area contributed by atoms with Crippen LogP contribution in [0.5, 0.6) is 5.75 Å². The van der Waals surface area contributed by atoms with Crippen LogP contribution in [-0.4, -0.2) is 62.2 Å². The minimum absolute atomic E-state index is 0.0844. The lowest BCUT2D eigenvalue weighted by atomic mass is 10.0. The van der Waals surface area contributed by atoms with E-state index in [1.165, 1.54) is 0 Å². The molecule has 6 heteroatoms. The highest BCUT2D eigenvalue weighted by Crippen LogP contribution is 2.34. The number of para-hydroxylation sites is 1. The van der Waals surface area contributed by atoms with E-state index in [-0.39, 0.29) is 12.1 Å². The van der Waals surface area contributed by atoms with Gasteiger partial charge in [-0.05, 0) is 53.1 Å². The molecule has 2 aliphatic rings. The number of nitrogens with one attached hydrogen (secondary N) is 1. The summed E-state index contributed by atoms with van der Waals surface area (Å²) in [6.07, 6.45) is 0.727. The molecule has 0 aliphatic carbocycles. The fraction of sp³-hybridized carbons (Fsp3) is 0.346. The lowest BCUT2D eigenvalue weighted by molar-refractivity contribution is 0.0348. The normalized spacial score (nSPS) is 19.0. The van der Waals surface area contributed by atoms with Crippen molar-refractivity contribution in [2.24, 2.45) is 0 Å². The van der Waals surface area contributed by atoms with Gasteiger partial charge >= 0.3 is 0 Å². The van der Waals surface area contributed by atoms with Crippen molar-refractivity contribution in [3.05, 3.63) is 71.8 Å². The van der Waals surface area contributed by atoms with Crippen LogP contribution in [0, 0.1) is 0 Å². The molecule has 3 aromatic rings. The zero-order valence-corrected chi connectivity index (χ0v) is 18.4. The number of nitrogens with zero attached hydrogens (tertiary/aromatic N) is 2. The van der Waals surface area contributed by atoms with E-state index in [0.29, 0.717) is 6.54 Å². The number of anilines is 1. The lowest BCUT2D eigenvalue weighted by Crippen LogP contribution is -2.44. The average molecular weight is 432 g/mol. The lowest BCUT2D eigenvalue weighted by Gasteiger charge is -2.39. The summed E-state index contributed by atoms with van der Waals surface area (Å²) in [6.45, 7) is 5.19. The smallest absolute Gasteiger partial charge is 0.257 e. The number of benzene rings is 3. The van der Waals surface area contributed by atoms with Crippen molar-refractivity contribution in [3.8, 4) is 5.75 Å². The van der Waals surface area contributed by atoms with Crippen molar-refractivity contribution in [1.82, 2.24) is 9.80 Å². The van der Waals surface area contributed by atoms with E-state index in [1.807, 2.05) is 41.3 Å². The van der Waals surface area contributed by atoms with Gasteiger partial charge in [-0.15, -0.1) is 0 Å². The van der Waals surface area contributed by atoms with Gasteiger partial charge in [0.25, 0.3) is 5.91 Å². The maximum absolute atomic E-state index is 13.5. The van der Waals surface area contributed by atoms with E-state index in [1.54, 1.807) is 7.11 Å². The van der Waals surface area contributed by atoms with Gasteiger partial charge in [0.2, 0.25) is 0 Å². The highest BCUT2D eigenvalue weighted by Gasteiger charge is 2.32. The summed E-state index contributed by atoms with van der Waals surface area (Å²) in [5, 5.41) is 5.87. The Kier molecular flexibility index (Phi) is 5.97. The summed E-state index contributed by atoms with van der Waals surface area (Å²) < 4.78 is 10.8. The number of carbonyl (C=O) groups excluding carboxylic acids is 1. The molecule has 0 aromatic heterocycles. The molecule has 0 bridgehead atoms. The molecule has 1 fully saturated rings. The highest BCUT2D eigenvalue weighted by atomic mass is 16.5. The van der Waals surface area contributed by atoms with Crippen LogP contribution in [0.15, 0.2) is 60.7 Å². The van der Waals surface area contributed by atoms with Gasteiger partial charge in [-0.3, -0.25) is 9.69 Å². The number of fused-ring (bicyclic) bond motifs is 2. The second kappa shape index (κ2) is 9.18. The van der Waals surface area contributed by atoms with E-state index < -0.39 is 0 Å². The number of ether oxygens (including phenoxy) is 2. The SMILES string of the molecule is COc1ccc2cc([C@H]3Nc4ccccc4C(=O)N3CCCN3CCOCC3)ccc2c1. The second-order valence-corrected chi connectivity index (χ2v) is 8.37. The molecule has 2 heterocycles. The summed E-state index contributed by atoms with van der Waals surface area (Å²) in [7, 11) is 1.68. The van der Waals surface area contributed by atoms with Gasteiger partial charge in [-0.1, -0.05) is 30.3 Å². The number of methoxy groups -OCH3 is 1. The van der Waals surface area contributed by atoms with Crippen molar-refractivity contribution >= 4 is 22.4 Å². The number of carbonyl (C=O) groups is 1. The van der Waals surface area contributed by atoms with Gasteiger partial charge in [0, 0.05) is 31.9 Å². The van der Waals surface area contributed by atoms with Gasteiger partial charge in [0.05, 0.1) is 25.9 Å². The van der Waals surface area contributed by atoms with Crippen LogP contribution in [0.3, 0.4) is 0 Å². The number of rotatable bonds is 6. The third kappa shape index (κ3) is 4.16. The van der Waals surface area contributed by atoms with Gasteiger partial charge in [-0.25, -0.2) is 0 Å². The summed E-state index contributed by atoms with van der Waals surface area (Å²) >= 11 is 0. The molecule has 1 amide bonds. The van der Waals surface area contributed by atoms with Crippen molar-refractivity contribution in [3.63, 3.8) is 0 Å². The van der Waals surface area contributed by atoms with E-state index >= 15 is 0 Å². The molecule has 0 saturated carbocycles. The van der Waals surface area contributed by atoms with Crippen molar-refractivity contribution in [2.45, 2.75) is 12.6 Å². The predicted octanol–water partition coefficient (Wildman–Crippen LogP) is 4.14. The second-order valence-electron chi connectivity index (χ2n) is 8.37. The van der Waals surface area contributed by atoms with Crippen LogP contribution in [-0.2, 0) is 4.74 Å². The van der Waals surface area contributed by atoms with Gasteiger partial charge in [-0.2, -0.15) is 0 Å². The topological polar surface area (TPSA) is 54.0 Å². The average Bonchev–Trinajstić information content (AvgIpc) is 2.85. The van der Waals surface area contributed by atoms with E-state index in [0.717, 1.165) is 72.6 Å². The van der Waals surface area contributed by atoms with E-state index in [4.69, 9.17) is 9.47 Å². The molecule has 0 radical (unpaired) electrons. The van der Waals surface area contributed by atoms with Crippen molar-refractivity contribution in [2.75, 3.05) is 51.8 Å². The van der Waals surface area contributed by atoms with Crippen LogP contribution < -0.4 is 10.1 Å².